The van der Waals surface area contributed by atoms with Gasteiger partial charge in [-0.2, -0.15) is 0 Å². The third-order valence-electron chi connectivity index (χ3n) is 1.31. The molecule has 0 heterocycles. The molecule has 0 unspecified atom stereocenters. The van der Waals surface area contributed by atoms with E-state index in [1.54, 1.807) is 12.1 Å². The molecule has 68 valence electrons. The molecular formula is C8H11NaO3S. The molecule has 0 aromatic heterocycles. The first-order valence-electron chi connectivity index (χ1n) is 3.03. The average Bonchev–Trinajstić information content (AvgIpc) is 1.86. The van der Waals surface area contributed by atoms with E-state index in [2.05, 4.69) is 0 Å². The van der Waals surface area contributed by atoms with Gasteiger partial charge in [0.05, 0.1) is 4.90 Å². The van der Waals surface area contributed by atoms with Crippen molar-refractivity contribution in [2.45, 2.75) is 19.2 Å². The van der Waals surface area contributed by atoms with Gasteiger partial charge in [0.2, 0.25) is 0 Å². The molecule has 0 N–H and O–H groups in total. The van der Waals surface area contributed by atoms with Crippen molar-refractivity contribution in [1.29, 1.82) is 0 Å². The van der Waals surface area contributed by atoms with E-state index in [4.69, 9.17) is 0 Å². The van der Waals surface area contributed by atoms with Crippen molar-refractivity contribution in [1.82, 2.24) is 0 Å². The molecule has 0 amide bonds. The normalized spacial score (nSPS) is 9.69. The van der Waals surface area contributed by atoms with Crippen LogP contribution >= 0.6 is 0 Å². The maximum absolute atomic E-state index is 10.4. The zero-order valence-electron chi connectivity index (χ0n) is 6.94. The molecule has 13 heavy (non-hydrogen) atoms. The summed E-state index contributed by atoms with van der Waals surface area (Å²) in [5.41, 5.74) is 0.928. The first-order valence-corrected chi connectivity index (χ1v) is 4.43. The van der Waals surface area contributed by atoms with Gasteiger partial charge in [-0.1, -0.05) is 25.1 Å². The van der Waals surface area contributed by atoms with Crippen molar-refractivity contribution >= 4 is 10.1 Å². The van der Waals surface area contributed by atoms with E-state index < -0.39 is 10.1 Å². The second-order valence-electron chi connectivity index (χ2n) is 2.27. The Labute approximate surface area is 101 Å². The average molecular weight is 210 g/mol. The van der Waals surface area contributed by atoms with Crippen LogP contribution in [0.2, 0.25) is 0 Å². The predicted molar refractivity (Wildman–Crippen MR) is 45.9 cm³/mol. The SMILES string of the molecule is C.Cc1ccc(S(=O)(=O)[O-])cc1.[Na+]. The number of aryl methyl sites for hydroxylation is 1. The monoisotopic (exact) mass is 210 g/mol. The molecule has 0 aliphatic carbocycles. The van der Waals surface area contributed by atoms with E-state index in [0.29, 0.717) is 0 Å². The molecule has 0 radical (unpaired) electrons. The molecule has 1 aromatic rings. The van der Waals surface area contributed by atoms with Crippen LogP contribution in [-0.2, 0) is 10.1 Å². The molecular weight excluding hydrogens is 199 g/mol. The smallest absolute Gasteiger partial charge is 0.744 e. The minimum absolute atomic E-state index is 0. The van der Waals surface area contributed by atoms with Gasteiger partial charge in [-0.3, -0.25) is 0 Å². The van der Waals surface area contributed by atoms with E-state index >= 15 is 0 Å². The van der Waals surface area contributed by atoms with Crippen LogP contribution in [0.5, 0.6) is 0 Å². The van der Waals surface area contributed by atoms with Gasteiger partial charge in [0.25, 0.3) is 0 Å². The quantitative estimate of drug-likeness (QED) is 0.420. The Morgan fingerprint density at radius 1 is 1.15 bits per heavy atom. The van der Waals surface area contributed by atoms with Crippen molar-refractivity contribution < 1.29 is 42.5 Å². The van der Waals surface area contributed by atoms with E-state index in [0.717, 1.165) is 5.56 Å². The van der Waals surface area contributed by atoms with Gasteiger partial charge < -0.3 is 4.55 Å². The summed E-state index contributed by atoms with van der Waals surface area (Å²) < 4.78 is 31.2. The van der Waals surface area contributed by atoms with Crippen molar-refractivity contribution in [3.8, 4) is 0 Å². The Balaban J connectivity index is 0. The molecule has 0 bridgehead atoms. The third-order valence-corrected chi connectivity index (χ3v) is 2.16. The molecule has 3 nitrogen and oxygen atoms in total. The van der Waals surface area contributed by atoms with E-state index in [-0.39, 0.29) is 41.9 Å². The summed E-state index contributed by atoms with van der Waals surface area (Å²) in [6.45, 7) is 1.82. The molecule has 0 atom stereocenters. The minimum atomic E-state index is -4.27. The zero-order chi connectivity index (χ0) is 8.48. The predicted octanol–water partition coefficient (Wildman–Crippen LogP) is -1.46. The van der Waals surface area contributed by atoms with Crippen molar-refractivity contribution in [3.05, 3.63) is 29.8 Å². The Morgan fingerprint density at radius 2 is 1.54 bits per heavy atom. The molecule has 0 fully saturated rings. The molecule has 0 aliphatic rings. The van der Waals surface area contributed by atoms with Crippen molar-refractivity contribution in [3.63, 3.8) is 0 Å². The maximum atomic E-state index is 10.4. The molecule has 5 heteroatoms. The summed E-state index contributed by atoms with van der Waals surface area (Å²) in [6.07, 6.45) is 0. The van der Waals surface area contributed by atoms with Crippen molar-refractivity contribution in [2.24, 2.45) is 0 Å². The third kappa shape index (κ3) is 4.78. The summed E-state index contributed by atoms with van der Waals surface area (Å²) >= 11 is 0. The Morgan fingerprint density at radius 3 is 1.85 bits per heavy atom. The first kappa shape index (κ1) is 15.6. The molecule has 1 aromatic carbocycles. The van der Waals surface area contributed by atoms with Gasteiger partial charge in [0.15, 0.2) is 0 Å². The standard InChI is InChI=1S/C7H8O3S.CH4.Na/c1-6-2-4-7(5-3-6)11(8,9)10;;/h2-5H,1H3,(H,8,9,10);1H4;/q;;+1/p-1. The van der Waals surface area contributed by atoms with Crippen LogP contribution in [-0.4, -0.2) is 13.0 Å². The van der Waals surface area contributed by atoms with Crippen LogP contribution in [0.3, 0.4) is 0 Å². The fourth-order valence-corrected chi connectivity index (χ4v) is 1.17. The van der Waals surface area contributed by atoms with Gasteiger partial charge in [0, 0.05) is 0 Å². The fourth-order valence-electron chi connectivity index (χ4n) is 0.705. The van der Waals surface area contributed by atoms with Crippen LogP contribution < -0.4 is 29.6 Å². The summed E-state index contributed by atoms with van der Waals surface area (Å²) in [5.74, 6) is 0. The molecule has 0 saturated carbocycles. The van der Waals surface area contributed by atoms with E-state index in [1.165, 1.54) is 12.1 Å². The van der Waals surface area contributed by atoms with Gasteiger partial charge in [-0.15, -0.1) is 0 Å². The Kier molecular flexibility index (Phi) is 6.93. The summed E-state index contributed by atoms with van der Waals surface area (Å²) in [5, 5.41) is 0. The van der Waals surface area contributed by atoms with E-state index in [9.17, 15) is 13.0 Å². The second kappa shape index (κ2) is 5.78. The fraction of sp³-hybridized carbons (Fsp3) is 0.250. The maximum Gasteiger partial charge on any atom is 1.00 e. The summed E-state index contributed by atoms with van der Waals surface area (Å²) in [7, 11) is -4.27. The van der Waals surface area contributed by atoms with Gasteiger partial charge >= 0.3 is 29.6 Å². The Bertz CT molecular complexity index is 342. The first-order chi connectivity index (χ1) is 5.00. The molecule has 0 aliphatic heterocycles. The molecule has 0 spiro atoms. The van der Waals surface area contributed by atoms with Gasteiger partial charge in [-0.05, 0) is 19.1 Å². The largest absolute Gasteiger partial charge is 1.00 e. The minimum Gasteiger partial charge on any atom is -0.744 e. The topological polar surface area (TPSA) is 57.2 Å². The van der Waals surface area contributed by atoms with Gasteiger partial charge in [0.1, 0.15) is 10.1 Å². The Hall–Kier alpha value is 0.130. The van der Waals surface area contributed by atoms with Crippen LogP contribution in [0.4, 0.5) is 0 Å². The number of hydrogen-bond acceptors (Lipinski definition) is 3. The summed E-state index contributed by atoms with van der Waals surface area (Å²) in [6, 6.07) is 5.78. The van der Waals surface area contributed by atoms with Crippen LogP contribution in [0.25, 0.3) is 0 Å². The van der Waals surface area contributed by atoms with Crippen LogP contribution in [0.15, 0.2) is 29.2 Å². The number of benzene rings is 1. The van der Waals surface area contributed by atoms with Crippen LogP contribution in [0.1, 0.15) is 13.0 Å². The van der Waals surface area contributed by atoms with Crippen molar-refractivity contribution in [2.75, 3.05) is 0 Å². The van der Waals surface area contributed by atoms with E-state index in [1.807, 2.05) is 6.92 Å². The molecule has 0 saturated heterocycles. The summed E-state index contributed by atoms with van der Waals surface area (Å²) in [4.78, 5) is -0.178. The second-order valence-corrected chi connectivity index (χ2v) is 3.65. The number of hydrogen-bond donors (Lipinski definition) is 0. The zero-order valence-corrected chi connectivity index (χ0v) is 9.76. The van der Waals surface area contributed by atoms with Crippen LogP contribution in [0, 0.1) is 6.92 Å². The number of rotatable bonds is 1. The van der Waals surface area contributed by atoms with Gasteiger partial charge in [-0.25, -0.2) is 8.42 Å². The molecule has 1 rings (SSSR count).